The Morgan fingerprint density at radius 3 is 2.89 bits per heavy atom. The van der Waals surface area contributed by atoms with Crippen molar-refractivity contribution < 1.29 is 0 Å². The monoisotopic (exact) mass is 328 g/mol. The summed E-state index contributed by atoms with van der Waals surface area (Å²) in [6, 6.07) is 5.45. The van der Waals surface area contributed by atoms with Gasteiger partial charge >= 0.3 is 0 Å². The van der Waals surface area contributed by atoms with E-state index in [1.54, 1.807) is 4.57 Å². The highest BCUT2D eigenvalue weighted by molar-refractivity contribution is 7.71. The van der Waals surface area contributed by atoms with Crippen LogP contribution in [-0.4, -0.2) is 9.55 Å². The summed E-state index contributed by atoms with van der Waals surface area (Å²) >= 11 is 14.2. The molecule has 0 aliphatic carbocycles. The zero-order valence-electron chi connectivity index (χ0n) is 9.84. The van der Waals surface area contributed by atoms with E-state index in [-0.39, 0.29) is 11.6 Å². The summed E-state index contributed by atoms with van der Waals surface area (Å²) in [5.41, 5.74) is -0.0583. The highest BCUT2D eigenvalue weighted by Gasteiger charge is 2.15. The molecule has 0 amide bonds. The van der Waals surface area contributed by atoms with Crippen LogP contribution in [0.3, 0.4) is 0 Å². The van der Waals surface area contributed by atoms with Gasteiger partial charge in [0.25, 0.3) is 5.56 Å². The van der Waals surface area contributed by atoms with E-state index in [9.17, 15) is 4.79 Å². The van der Waals surface area contributed by atoms with Gasteiger partial charge in [-0.3, -0.25) is 9.36 Å². The van der Waals surface area contributed by atoms with Crippen molar-refractivity contribution in [3.8, 4) is 0 Å². The van der Waals surface area contributed by atoms with Crippen molar-refractivity contribution in [1.82, 2.24) is 9.55 Å². The second-order valence-corrected chi connectivity index (χ2v) is 7.14. The molecule has 1 atom stereocenters. The molecule has 3 heterocycles. The number of rotatable bonds is 2. The smallest absolute Gasteiger partial charge is 0.263 e. The zero-order chi connectivity index (χ0) is 13.6. The minimum atomic E-state index is -0.127. The molecule has 0 aromatic carbocycles. The number of hydrogen-bond donors (Lipinski definition) is 1. The van der Waals surface area contributed by atoms with Crippen molar-refractivity contribution >= 4 is 56.7 Å². The number of nitrogens with one attached hydrogen (secondary N) is 1. The van der Waals surface area contributed by atoms with Gasteiger partial charge in [-0.15, -0.1) is 22.7 Å². The number of H-pyrrole nitrogens is 1. The Hall–Kier alpha value is -0.950. The van der Waals surface area contributed by atoms with Gasteiger partial charge in [-0.05, 0) is 42.7 Å². The summed E-state index contributed by atoms with van der Waals surface area (Å²) in [5, 5.41) is 2.56. The summed E-state index contributed by atoms with van der Waals surface area (Å²) in [4.78, 5) is 17.4. The van der Waals surface area contributed by atoms with Gasteiger partial charge < -0.3 is 4.98 Å². The third-order valence-corrected chi connectivity index (χ3v) is 5.48. The fourth-order valence-electron chi connectivity index (χ4n) is 1.99. The van der Waals surface area contributed by atoms with Crippen LogP contribution in [0.5, 0.6) is 0 Å². The largest absolute Gasteiger partial charge is 0.323 e. The van der Waals surface area contributed by atoms with Gasteiger partial charge in [0.05, 0.1) is 15.8 Å². The van der Waals surface area contributed by atoms with Crippen LogP contribution in [-0.2, 0) is 0 Å². The van der Waals surface area contributed by atoms with Gasteiger partial charge in [0.1, 0.15) is 4.83 Å². The fraction of sp³-hybridized carbons (Fsp3) is 0.167. The Kier molecular flexibility index (Phi) is 3.34. The number of aromatic amines is 1. The molecule has 0 bridgehead atoms. The lowest BCUT2D eigenvalue weighted by molar-refractivity contribution is 0.609. The minimum absolute atomic E-state index is 0.0583. The van der Waals surface area contributed by atoms with Crippen LogP contribution < -0.4 is 5.56 Å². The fourth-order valence-corrected chi connectivity index (χ4v) is 4.28. The van der Waals surface area contributed by atoms with E-state index in [0.29, 0.717) is 14.5 Å². The summed E-state index contributed by atoms with van der Waals surface area (Å²) in [6.45, 7) is 1.95. The second kappa shape index (κ2) is 4.86. The maximum atomic E-state index is 12.5. The van der Waals surface area contributed by atoms with Gasteiger partial charge in [0.2, 0.25) is 0 Å². The van der Waals surface area contributed by atoms with E-state index in [0.717, 1.165) is 9.71 Å². The lowest BCUT2D eigenvalue weighted by Gasteiger charge is -2.13. The van der Waals surface area contributed by atoms with Crippen LogP contribution in [0.4, 0.5) is 0 Å². The Bertz CT molecular complexity index is 858. The summed E-state index contributed by atoms with van der Waals surface area (Å²) < 4.78 is 2.75. The van der Waals surface area contributed by atoms with Crippen LogP contribution in [0.1, 0.15) is 17.8 Å². The lowest BCUT2D eigenvalue weighted by Crippen LogP contribution is -2.24. The molecule has 0 radical (unpaired) electrons. The quantitative estimate of drug-likeness (QED) is 0.706. The highest BCUT2D eigenvalue weighted by atomic mass is 35.5. The number of hydrogen-bond acceptors (Lipinski definition) is 4. The molecule has 19 heavy (non-hydrogen) atoms. The van der Waals surface area contributed by atoms with E-state index >= 15 is 0 Å². The Balaban J connectivity index is 2.25. The minimum Gasteiger partial charge on any atom is -0.323 e. The van der Waals surface area contributed by atoms with Crippen molar-refractivity contribution in [2.75, 3.05) is 0 Å². The molecular weight excluding hydrogens is 320 g/mol. The third kappa shape index (κ3) is 2.18. The topological polar surface area (TPSA) is 37.8 Å². The summed E-state index contributed by atoms with van der Waals surface area (Å²) in [6.07, 6.45) is 0. The molecule has 0 aliphatic rings. The number of halogens is 1. The molecule has 0 saturated carbocycles. The van der Waals surface area contributed by atoms with Crippen LogP contribution in [0.2, 0.25) is 4.34 Å². The van der Waals surface area contributed by atoms with E-state index in [1.807, 2.05) is 30.5 Å². The number of aromatic nitrogens is 2. The Labute approximate surface area is 127 Å². The summed E-state index contributed by atoms with van der Waals surface area (Å²) in [7, 11) is 0. The number of thiophene rings is 2. The van der Waals surface area contributed by atoms with Gasteiger partial charge in [0.15, 0.2) is 4.77 Å². The SMILES string of the molecule is CC(c1ccc(Cl)s1)n1c(=S)[nH]c2sccc2c1=O. The average Bonchev–Trinajstić information content (AvgIpc) is 2.97. The van der Waals surface area contributed by atoms with E-state index in [1.165, 1.54) is 22.7 Å². The maximum Gasteiger partial charge on any atom is 0.263 e. The molecule has 1 unspecified atom stereocenters. The van der Waals surface area contributed by atoms with Crippen molar-refractivity contribution in [3.63, 3.8) is 0 Å². The molecule has 3 aromatic heterocycles. The van der Waals surface area contributed by atoms with Crippen molar-refractivity contribution in [2.45, 2.75) is 13.0 Å². The average molecular weight is 329 g/mol. The number of nitrogens with zero attached hydrogens (tertiary/aromatic N) is 1. The summed E-state index contributed by atoms with van der Waals surface area (Å²) in [5.74, 6) is 0. The molecule has 0 aliphatic heterocycles. The maximum absolute atomic E-state index is 12.5. The first-order chi connectivity index (χ1) is 9.08. The Morgan fingerprint density at radius 2 is 2.21 bits per heavy atom. The van der Waals surface area contributed by atoms with E-state index in [4.69, 9.17) is 23.8 Å². The van der Waals surface area contributed by atoms with Crippen molar-refractivity contribution in [3.05, 3.63) is 47.9 Å². The van der Waals surface area contributed by atoms with Gasteiger partial charge in [-0.2, -0.15) is 0 Å². The van der Waals surface area contributed by atoms with E-state index in [2.05, 4.69) is 4.98 Å². The predicted octanol–water partition coefficient (Wildman–Crippen LogP) is 4.44. The lowest BCUT2D eigenvalue weighted by atomic mass is 10.2. The highest BCUT2D eigenvalue weighted by Crippen LogP contribution is 2.29. The molecule has 7 heteroatoms. The van der Waals surface area contributed by atoms with E-state index < -0.39 is 0 Å². The molecule has 0 fully saturated rings. The molecule has 3 rings (SSSR count). The van der Waals surface area contributed by atoms with Crippen LogP contribution >= 0.6 is 46.5 Å². The first-order valence-electron chi connectivity index (χ1n) is 5.55. The molecule has 0 saturated heterocycles. The van der Waals surface area contributed by atoms with Crippen LogP contribution in [0.25, 0.3) is 10.2 Å². The second-order valence-electron chi connectivity index (χ2n) is 4.09. The van der Waals surface area contributed by atoms with Gasteiger partial charge in [0, 0.05) is 4.88 Å². The standard InChI is InChI=1S/C12H9ClN2OS3/c1-6(8-2-3-9(13)19-8)15-11(16)7-4-5-18-10(7)14-12(15)17/h2-6H,1H3,(H,14,17). The molecule has 3 aromatic rings. The van der Waals surface area contributed by atoms with Crippen LogP contribution in [0.15, 0.2) is 28.4 Å². The van der Waals surface area contributed by atoms with Crippen molar-refractivity contribution in [1.29, 1.82) is 0 Å². The molecule has 3 nitrogen and oxygen atoms in total. The molecule has 0 spiro atoms. The zero-order valence-corrected chi connectivity index (χ0v) is 13.1. The molecule has 1 N–H and O–H groups in total. The third-order valence-electron chi connectivity index (χ3n) is 2.95. The Morgan fingerprint density at radius 1 is 1.42 bits per heavy atom. The van der Waals surface area contributed by atoms with Crippen LogP contribution in [0, 0.1) is 4.77 Å². The normalized spacial score (nSPS) is 12.9. The first kappa shape index (κ1) is 13.1. The predicted molar refractivity (Wildman–Crippen MR) is 84.4 cm³/mol. The van der Waals surface area contributed by atoms with Crippen molar-refractivity contribution in [2.24, 2.45) is 0 Å². The number of fused-ring (bicyclic) bond motifs is 1. The molecule has 98 valence electrons. The first-order valence-corrected chi connectivity index (χ1v) is 8.03. The van der Waals surface area contributed by atoms with Gasteiger partial charge in [-0.1, -0.05) is 11.6 Å². The molecular formula is C12H9ClN2OS3. The van der Waals surface area contributed by atoms with Gasteiger partial charge in [-0.25, -0.2) is 0 Å².